The van der Waals surface area contributed by atoms with Crippen LogP contribution in [0.5, 0.6) is 0 Å². The van der Waals surface area contributed by atoms with E-state index in [-0.39, 0.29) is 11.6 Å². The summed E-state index contributed by atoms with van der Waals surface area (Å²) in [5.74, 6) is 0. The summed E-state index contributed by atoms with van der Waals surface area (Å²) >= 11 is 12.5. The number of hydrogen-bond acceptors (Lipinski definition) is 2. The topological polar surface area (TPSA) is 21.3 Å². The zero-order valence-corrected chi connectivity index (χ0v) is 13.6. The minimum absolute atomic E-state index is 0.0312. The highest BCUT2D eigenvalue weighted by Crippen LogP contribution is 2.38. The van der Waals surface area contributed by atoms with Crippen LogP contribution in [-0.4, -0.2) is 19.3 Å². The molecule has 1 aromatic carbocycles. The second-order valence-electron chi connectivity index (χ2n) is 4.63. The first-order valence-corrected chi connectivity index (χ1v) is 7.53. The largest absolute Gasteiger partial charge is 0.376 e. The lowest BCUT2D eigenvalue weighted by molar-refractivity contribution is -0.0482. The molecule has 2 nitrogen and oxygen atoms in total. The van der Waals surface area contributed by atoms with Crippen molar-refractivity contribution in [3.05, 3.63) is 33.8 Å². The molecule has 1 N–H and O–H groups in total. The van der Waals surface area contributed by atoms with Gasteiger partial charge in [0.15, 0.2) is 0 Å². The molecule has 0 heterocycles. The monoisotopic (exact) mass is 303 g/mol. The third kappa shape index (κ3) is 3.63. The number of likely N-dealkylation sites (N-methyl/N-ethyl adjacent to an activating group) is 1. The summed E-state index contributed by atoms with van der Waals surface area (Å²) in [6.07, 6.45) is 1.81. The highest BCUT2D eigenvalue weighted by Gasteiger charge is 2.37. The van der Waals surface area contributed by atoms with Crippen LogP contribution in [0.25, 0.3) is 0 Å². The van der Waals surface area contributed by atoms with Crippen molar-refractivity contribution in [3.63, 3.8) is 0 Å². The molecule has 0 saturated heterocycles. The van der Waals surface area contributed by atoms with Gasteiger partial charge in [-0.1, -0.05) is 44.0 Å². The summed E-state index contributed by atoms with van der Waals surface area (Å²) in [7, 11) is 1.76. The summed E-state index contributed by atoms with van der Waals surface area (Å²) < 4.78 is 5.84. The Hall–Kier alpha value is -0.280. The predicted octanol–water partition coefficient (Wildman–Crippen LogP) is 4.85. The van der Waals surface area contributed by atoms with Crippen molar-refractivity contribution in [3.8, 4) is 0 Å². The molecule has 1 rings (SSSR count). The summed E-state index contributed by atoms with van der Waals surface area (Å²) in [5, 5.41) is 4.91. The molecular weight excluding hydrogens is 281 g/mol. The number of hydrogen-bond donors (Lipinski definition) is 1. The van der Waals surface area contributed by atoms with Gasteiger partial charge in [-0.05, 0) is 43.1 Å². The van der Waals surface area contributed by atoms with Crippen LogP contribution in [-0.2, 0) is 4.74 Å². The lowest BCUT2D eigenvalue weighted by Gasteiger charge is -2.39. The smallest absolute Gasteiger partial charge is 0.0867 e. The zero-order valence-electron chi connectivity index (χ0n) is 12.1. The van der Waals surface area contributed by atoms with Gasteiger partial charge in [-0.25, -0.2) is 0 Å². The zero-order chi connectivity index (χ0) is 14.5. The molecule has 0 amide bonds. The van der Waals surface area contributed by atoms with Gasteiger partial charge in [-0.2, -0.15) is 0 Å². The number of benzene rings is 1. The van der Waals surface area contributed by atoms with Crippen molar-refractivity contribution in [1.29, 1.82) is 0 Å². The van der Waals surface area contributed by atoms with Crippen LogP contribution in [0, 0.1) is 0 Å². The van der Waals surface area contributed by atoms with Crippen molar-refractivity contribution >= 4 is 23.2 Å². The normalized spacial score (nSPS) is 13.6. The molecule has 1 unspecified atom stereocenters. The van der Waals surface area contributed by atoms with Crippen LogP contribution in [0.15, 0.2) is 18.2 Å². The van der Waals surface area contributed by atoms with E-state index < -0.39 is 0 Å². The minimum atomic E-state index is -0.273. The lowest BCUT2D eigenvalue weighted by atomic mass is 9.83. The van der Waals surface area contributed by atoms with Crippen LogP contribution in [0.2, 0.25) is 10.0 Å². The molecule has 0 saturated carbocycles. The molecule has 0 fully saturated rings. The predicted molar refractivity (Wildman–Crippen MR) is 83.2 cm³/mol. The Labute approximate surface area is 126 Å². The van der Waals surface area contributed by atoms with E-state index in [1.54, 1.807) is 7.11 Å². The minimum Gasteiger partial charge on any atom is -0.376 e. The van der Waals surface area contributed by atoms with Gasteiger partial charge in [-0.3, -0.25) is 0 Å². The lowest BCUT2D eigenvalue weighted by Crippen LogP contribution is -2.45. The third-order valence-electron chi connectivity index (χ3n) is 3.81. The van der Waals surface area contributed by atoms with Gasteiger partial charge in [0.2, 0.25) is 0 Å². The highest BCUT2D eigenvalue weighted by molar-refractivity contribution is 6.33. The SMILES string of the molecule is CCNC(c1cc(Cl)ccc1Cl)C(CC)(CC)OC. The van der Waals surface area contributed by atoms with E-state index in [1.165, 1.54) is 0 Å². The van der Waals surface area contributed by atoms with Gasteiger partial charge in [0, 0.05) is 17.2 Å². The van der Waals surface area contributed by atoms with E-state index in [9.17, 15) is 0 Å². The second-order valence-corrected chi connectivity index (χ2v) is 5.48. The number of ether oxygens (including phenoxy) is 1. The van der Waals surface area contributed by atoms with Gasteiger partial charge in [-0.15, -0.1) is 0 Å². The molecule has 0 radical (unpaired) electrons. The summed E-state index contributed by atoms with van der Waals surface area (Å²) in [5.41, 5.74) is 0.728. The Balaban J connectivity index is 3.29. The molecule has 0 aliphatic carbocycles. The average molecular weight is 304 g/mol. The van der Waals surface area contributed by atoms with Crippen LogP contribution in [0.3, 0.4) is 0 Å². The van der Waals surface area contributed by atoms with Gasteiger partial charge in [0.25, 0.3) is 0 Å². The van der Waals surface area contributed by atoms with E-state index in [0.29, 0.717) is 5.02 Å². The maximum atomic E-state index is 6.35. The second kappa shape index (κ2) is 7.49. The van der Waals surface area contributed by atoms with E-state index >= 15 is 0 Å². The first kappa shape index (κ1) is 16.8. The maximum Gasteiger partial charge on any atom is 0.0867 e. The maximum absolute atomic E-state index is 6.35. The molecule has 1 aromatic rings. The molecule has 0 aliphatic rings. The van der Waals surface area contributed by atoms with Crippen LogP contribution >= 0.6 is 23.2 Å². The summed E-state index contributed by atoms with van der Waals surface area (Å²) in [6.45, 7) is 7.20. The van der Waals surface area contributed by atoms with Crippen LogP contribution < -0.4 is 5.32 Å². The Morgan fingerprint density at radius 1 is 1.21 bits per heavy atom. The summed E-state index contributed by atoms with van der Waals surface area (Å²) in [4.78, 5) is 0. The molecule has 19 heavy (non-hydrogen) atoms. The van der Waals surface area contributed by atoms with Crippen LogP contribution in [0.4, 0.5) is 0 Å². The third-order valence-corrected chi connectivity index (χ3v) is 4.39. The number of rotatable bonds is 7. The molecule has 4 heteroatoms. The Kier molecular flexibility index (Phi) is 6.61. The Morgan fingerprint density at radius 3 is 2.32 bits per heavy atom. The van der Waals surface area contributed by atoms with E-state index in [4.69, 9.17) is 27.9 Å². The standard InChI is InChI=1S/C15H23Cl2NO/c1-5-15(6-2,19-4)14(18-7-3)12-10-11(16)8-9-13(12)17/h8-10,14,18H,5-7H2,1-4H3. The fourth-order valence-electron chi connectivity index (χ4n) is 2.58. The van der Waals surface area contributed by atoms with Crippen molar-refractivity contribution in [2.45, 2.75) is 45.3 Å². The molecular formula is C15H23Cl2NO. The van der Waals surface area contributed by atoms with Crippen molar-refractivity contribution < 1.29 is 4.74 Å². The molecule has 0 bridgehead atoms. The molecule has 0 aliphatic heterocycles. The van der Waals surface area contributed by atoms with Crippen LogP contribution in [0.1, 0.15) is 45.2 Å². The van der Waals surface area contributed by atoms with Gasteiger partial charge in [0.05, 0.1) is 11.6 Å². The quantitative estimate of drug-likeness (QED) is 0.777. The first-order chi connectivity index (χ1) is 9.04. The molecule has 108 valence electrons. The van der Waals surface area contributed by atoms with E-state index in [0.717, 1.165) is 30.0 Å². The number of nitrogens with one attached hydrogen (secondary N) is 1. The average Bonchev–Trinajstić information content (AvgIpc) is 2.43. The van der Waals surface area contributed by atoms with Gasteiger partial charge >= 0.3 is 0 Å². The first-order valence-electron chi connectivity index (χ1n) is 6.78. The molecule has 0 aromatic heterocycles. The number of methoxy groups -OCH3 is 1. The Morgan fingerprint density at radius 2 is 1.84 bits per heavy atom. The fraction of sp³-hybridized carbons (Fsp3) is 0.600. The fourth-order valence-corrected chi connectivity index (χ4v) is 2.99. The van der Waals surface area contributed by atoms with Gasteiger partial charge < -0.3 is 10.1 Å². The summed E-state index contributed by atoms with van der Waals surface area (Å²) in [6, 6.07) is 5.61. The van der Waals surface area contributed by atoms with Crippen molar-refractivity contribution in [2.75, 3.05) is 13.7 Å². The van der Waals surface area contributed by atoms with E-state index in [1.807, 2.05) is 18.2 Å². The van der Waals surface area contributed by atoms with Crippen molar-refractivity contribution in [2.24, 2.45) is 0 Å². The van der Waals surface area contributed by atoms with Gasteiger partial charge in [0.1, 0.15) is 0 Å². The van der Waals surface area contributed by atoms with E-state index in [2.05, 4.69) is 26.1 Å². The number of halogens is 2. The molecule has 0 spiro atoms. The highest BCUT2D eigenvalue weighted by atomic mass is 35.5. The molecule has 1 atom stereocenters. The van der Waals surface area contributed by atoms with Crippen molar-refractivity contribution in [1.82, 2.24) is 5.32 Å². The Bertz CT molecular complexity index is 397.